The summed E-state index contributed by atoms with van der Waals surface area (Å²) in [5.74, 6) is -1.13. The Kier molecular flexibility index (Phi) is 2.88. The molecule has 0 saturated carbocycles. The largest absolute Gasteiger partial charge is 0.269 e. The highest BCUT2D eigenvalue weighted by atomic mass is 79.9. The van der Waals surface area contributed by atoms with Crippen molar-refractivity contribution in [3.8, 4) is 6.07 Å². The molecule has 0 amide bonds. The molecule has 0 saturated heterocycles. The minimum Gasteiger partial charge on any atom is -0.229 e. The number of halogens is 4. The van der Waals surface area contributed by atoms with E-state index in [0.29, 0.717) is 6.07 Å². The normalized spacial score (nSPS) is 10.2. The van der Waals surface area contributed by atoms with Gasteiger partial charge >= 0.3 is 0 Å². The fourth-order valence-corrected chi connectivity index (χ4v) is 1.30. The third-order valence-corrected chi connectivity index (χ3v) is 1.90. The molecule has 6 heteroatoms. The molecule has 1 aromatic heterocycles. The van der Waals surface area contributed by atoms with Crippen LogP contribution < -0.4 is 0 Å². The summed E-state index contributed by atoms with van der Waals surface area (Å²) < 4.78 is 36.8. The number of hydrogen-bond acceptors (Lipinski definition) is 2. The molecule has 1 heterocycles. The molecule has 0 atom stereocenters. The summed E-state index contributed by atoms with van der Waals surface area (Å²) in [7, 11) is 0. The van der Waals surface area contributed by atoms with Gasteiger partial charge in [0.2, 0.25) is 0 Å². The molecule has 68 valence electrons. The van der Waals surface area contributed by atoms with Gasteiger partial charge in [-0.05, 0) is 15.9 Å². The summed E-state index contributed by atoms with van der Waals surface area (Å²) in [5, 5.41) is 8.33. The van der Waals surface area contributed by atoms with Crippen LogP contribution >= 0.6 is 15.9 Å². The lowest BCUT2D eigenvalue weighted by Gasteiger charge is -2.03. The molecule has 0 radical (unpaired) electrons. The Morgan fingerprint density at radius 3 is 2.54 bits per heavy atom. The van der Waals surface area contributed by atoms with Gasteiger partial charge in [0.05, 0.1) is 5.56 Å². The predicted octanol–water partition coefficient (Wildman–Crippen LogP) is 2.79. The van der Waals surface area contributed by atoms with E-state index in [0.717, 1.165) is 0 Å². The van der Waals surface area contributed by atoms with E-state index in [-0.39, 0.29) is 10.3 Å². The molecule has 0 fully saturated rings. The molecule has 0 aliphatic heterocycles. The molecule has 0 unspecified atom stereocenters. The first kappa shape index (κ1) is 9.99. The van der Waals surface area contributed by atoms with E-state index in [1.807, 2.05) is 0 Å². The average molecular weight is 251 g/mol. The number of aromatic nitrogens is 1. The summed E-state index contributed by atoms with van der Waals surface area (Å²) in [5.41, 5.74) is -1.06. The van der Waals surface area contributed by atoms with Gasteiger partial charge in [0.25, 0.3) is 6.43 Å². The standard InChI is InChI=1S/C7H2BrF3N2/c8-6-5(7(10)11)4(9)1-3(2-12)13-6/h1,7H. The van der Waals surface area contributed by atoms with E-state index in [2.05, 4.69) is 20.9 Å². The SMILES string of the molecule is N#Cc1cc(F)c(C(F)F)c(Br)n1. The minimum absolute atomic E-state index is 0.242. The second-order valence-corrected chi connectivity index (χ2v) is 2.86. The summed E-state index contributed by atoms with van der Waals surface area (Å²) in [6, 6.07) is 2.22. The zero-order valence-corrected chi connectivity index (χ0v) is 7.65. The maximum Gasteiger partial charge on any atom is 0.269 e. The molecule has 0 aromatic carbocycles. The van der Waals surface area contributed by atoms with Crippen molar-refractivity contribution in [1.82, 2.24) is 4.98 Å². The van der Waals surface area contributed by atoms with Gasteiger partial charge in [-0.15, -0.1) is 0 Å². The molecule has 13 heavy (non-hydrogen) atoms. The van der Waals surface area contributed by atoms with Gasteiger partial charge in [-0.1, -0.05) is 0 Å². The first-order valence-corrected chi connectivity index (χ1v) is 3.89. The lowest BCUT2D eigenvalue weighted by atomic mass is 10.2. The smallest absolute Gasteiger partial charge is 0.229 e. The number of rotatable bonds is 1. The molecular weight excluding hydrogens is 249 g/mol. The van der Waals surface area contributed by atoms with Crippen molar-refractivity contribution >= 4 is 15.9 Å². The van der Waals surface area contributed by atoms with Crippen molar-refractivity contribution in [2.45, 2.75) is 6.43 Å². The first-order chi connectivity index (χ1) is 6.06. The van der Waals surface area contributed by atoms with Crippen LogP contribution in [-0.4, -0.2) is 4.98 Å². The Hall–Kier alpha value is -1.09. The van der Waals surface area contributed by atoms with Gasteiger partial charge in [0.1, 0.15) is 22.2 Å². The van der Waals surface area contributed by atoms with Gasteiger partial charge in [-0.3, -0.25) is 0 Å². The van der Waals surface area contributed by atoms with Gasteiger partial charge in [0.15, 0.2) is 0 Å². The van der Waals surface area contributed by atoms with Gasteiger partial charge in [-0.2, -0.15) is 5.26 Å². The molecule has 2 nitrogen and oxygen atoms in total. The fourth-order valence-electron chi connectivity index (χ4n) is 0.746. The van der Waals surface area contributed by atoms with Gasteiger partial charge in [-0.25, -0.2) is 18.2 Å². The topological polar surface area (TPSA) is 36.7 Å². The minimum atomic E-state index is -2.95. The Morgan fingerprint density at radius 2 is 2.15 bits per heavy atom. The Labute approximate surface area is 80.1 Å². The van der Waals surface area contributed by atoms with Gasteiger partial charge < -0.3 is 0 Å². The third kappa shape index (κ3) is 1.98. The molecule has 0 spiro atoms. The predicted molar refractivity (Wildman–Crippen MR) is 41.6 cm³/mol. The number of nitriles is 1. The van der Waals surface area contributed by atoms with Crippen LogP contribution in [0.4, 0.5) is 13.2 Å². The molecule has 1 aromatic rings. The molecule has 0 bridgehead atoms. The number of hydrogen-bond donors (Lipinski definition) is 0. The van der Waals surface area contributed by atoms with Crippen LogP contribution in [0, 0.1) is 17.1 Å². The molecule has 0 aliphatic carbocycles. The van der Waals surface area contributed by atoms with E-state index < -0.39 is 17.8 Å². The monoisotopic (exact) mass is 250 g/mol. The van der Waals surface area contributed by atoms with Crippen molar-refractivity contribution in [3.05, 3.63) is 27.7 Å². The highest BCUT2D eigenvalue weighted by Gasteiger charge is 2.19. The average Bonchev–Trinajstić information content (AvgIpc) is 2.02. The first-order valence-electron chi connectivity index (χ1n) is 3.10. The molecule has 1 rings (SSSR count). The van der Waals surface area contributed by atoms with Crippen molar-refractivity contribution in [3.63, 3.8) is 0 Å². The van der Waals surface area contributed by atoms with E-state index in [1.54, 1.807) is 6.07 Å². The maximum absolute atomic E-state index is 12.8. The zero-order valence-electron chi connectivity index (χ0n) is 6.06. The van der Waals surface area contributed by atoms with E-state index in [1.165, 1.54) is 0 Å². The maximum atomic E-state index is 12.8. The highest BCUT2D eigenvalue weighted by Crippen LogP contribution is 2.28. The van der Waals surface area contributed by atoms with Crippen molar-refractivity contribution in [2.24, 2.45) is 0 Å². The molecule has 0 aliphatic rings. The second-order valence-electron chi connectivity index (χ2n) is 2.11. The lowest BCUT2D eigenvalue weighted by Crippen LogP contribution is -1.97. The van der Waals surface area contributed by atoms with Crippen LogP contribution in [0.25, 0.3) is 0 Å². The summed E-state index contributed by atoms with van der Waals surface area (Å²) >= 11 is 2.66. The van der Waals surface area contributed by atoms with Crippen molar-refractivity contribution in [1.29, 1.82) is 5.26 Å². The van der Waals surface area contributed by atoms with Crippen LogP contribution in [0.15, 0.2) is 10.7 Å². The van der Waals surface area contributed by atoms with E-state index in [4.69, 9.17) is 5.26 Å². The van der Waals surface area contributed by atoms with Crippen LogP contribution in [0.3, 0.4) is 0 Å². The summed E-state index contributed by atoms with van der Waals surface area (Å²) in [6.07, 6.45) is -2.95. The number of alkyl halides is 2. The van der Waals surface area contributed by atoms with Gasteiger partial charge in [0, 0.05) is 6.07 Å². The van der Waals surface area contributed by atoms with E-state index >= 15 is 0 Å². The zero-order chi connectivity index (χ0) is 10.0. The van der Waals surface area contributed by atoms with Crippen LogP contribution in [-0.2, 0) is 0 Å². The Balaban J connectivity index is 3.33. The second kappa shape index (κ2) is 3.75. The summed E-state index contributed by atoms with van der Waals surface area (Å²) in [4.78, 5) is 3.41. The fraction of sp³-hybridized carbons (Fsp3) is 0.143. The van der Waals surface area contributed by atoms with Crippen LogP contribution in [0.5, 0.6) is 0 Å². The van der Waals surface area contributed by atoms with Crippen LogP contribution in [0.1, 0.15) is 17.7 Å². The Bertz CT molecular complexity index is 349. The highest BCUT2D eigenvalue weighted by molar-refractivity contribution is 9.10. The number of pyridine rings is 1. The van der Waals surface area contributed by atoms with Crippen molar-refractivity contribution < 1.29 is 13.2 Å². The third-order valence-electron chi connectivity index (χ3n) is 1.29. The molecular formula is C7H2BrF3N2. The lowest BCUT2D eigenvalue weighted by molar-refractivity contribution is 0.145. The quantitative estimate of drug-likeness (QED) is 0.719. The Morgan fingerprint density at radius 1 is 1.54 bits per heavy atom. The van der Waals surface area contributed by atoms with E-state index in [9.17, 15) is 13.2 Å². The molecule has 0 N–H and O–H groups in total. The van der Waals surface area contributed by atoms with Crippen LogP contribution in [0.2, 0.25) is 0 Å². The van der Waals surface area contributed by atoms with Crippen molar-refractivity contribution in [2.75, 3.05) is 0 Å². The number of nitrogens with zero attached hydrogens (tertiary/aromatic N) is 2. The summed E-state index contributed by atoms with van der Waals surface area (Å²) in [6.45, 7) is 0.